The number of rotatable bonds is 5. The molecule has 2 fully saturated rings. The fraction of sp³-hybridized carbons (Fsp3) is 0.733. The number of carbonyl (C=O) groups excluding carboxylic acids is 1. The fourth-order valence-electron chi connectivity index (χ4n) is 3.14. The number of urea groups is 1. The van der Waals surface area contributed by atoms with Crippen molar-refractivity contribution >= 4 is 11.8 Å². The maximum Gasteiger partial charge on any atom is 0.320 e. The topological polar surface area (TPSA) is 88.9 Å². The molecule has 23 heavy (non-hydrogen) atoms. The average molecular weight is 324 g/mol. The van der Waals surface area contributed by atoms with Crippen LogP contribution in [0.5, 0.6) is 0 Å². The van der Waals surface area contributed by atoms with Gasteiger partial charge >= 0.3 is 6.03 Å². The second kappa shape index (κ2) is 7.76. The Bertz CT molecular complexity index is 509. The SMILES string of the molecule is Cc1cc(NC(=O)NC[C@H]([C@@H]2CCOC2)N2CCOCC2)no1. The quantitative estimate of drug-likeness (QED) is 0.834. The Morgan fingerprint density at radius 3 is 2.87 bits per heavy atom. The van der Waals surface area contributed by atoms with Crippen LogP contribution >= 0.6 is 0 Å². The van der Waals surface area contributed by atoms with Gasteiger partial charge in [0.1, 0.15) is 5.76 Å². The zero-order chi connectivity index (χ0) is 16.1. The van der Waals surface area contributed by atoms with Gasteiger partial charge in [0.2, 0.25) is 0 Å². The molecule has 8 heteroatoms. The molecule has 0 aromatic carbocycles. The van der Waals surface area contributed by atoms with E-state index in [0.717, 1.165) is 45.9 Å². The number of hydrogen-bond donors (Lipinski definition) is 2. The summed E-state index contributed by atoms with van der Waals surface area (Å²) in [7, 11) is 0. The third-order valence-electron chi connectivity index (χ3n) is 4.37. The number of morpholine rings is 1. The molecule has 2 atom stereocenters. The van der Waals surface area contributed by atoms with Crippen molar-refractivity contribution in [2.24, 2.45) is 5.92 Å². The summed E-state index contributed by atoms with van der Waals surface area (Å²) in [6.07, 6.45) is 1.04. The maximum atomic E-state index is 12.0. The number of nitrogens with one attached hydrogen (secondary N) is 2. The minimum Gasteiger partial charge on any atom is -0.381 e. The Hall–Kier alpha value is -1.64. The van der Waals surface area contributed by atoms with E-state index in [2.05, 4.69) is 20.7 Å². The molecule has 1 aromatic heterocycles. The summed E-state index contributed by atoms with van der Waals surface area (Å²) in [4.78, 5) is 14.4. The van der Waals surface area contributed by atoms with Gasteiger partial charge in [-0.15, -0.1) is 0 Å². The van der Waals surface area contributed by atoms with E-state index in [4.69, 9.17) is 14.0 Å². The molecule has 0 aliphatic carbocycles. The zero-order valence-electron chi connectivity index (χ0n) is 13.4. The van der Waals surface area contributed by atoms with Crippen LogP contribution in [0.3, 0.4) is 0 Å². The maximum absolute atomic E-state index is 12.0. The summed E-state index contributed by atoms with van der Waals surface area (Å²) in [6, 6.07) is 1.69. The largest absolute Gasteiger partial charge is 0.381 e. The van der Waals surface area contributed by atoms with Crippen LogP contribution < -0.4 is 10.6 Å². The van der Waals surface area contributed by atoms with Gasteiger partial charge in [-0.05, 0) is 13.3 Å². The number of ether oxygens (including phenoxy) is 2. The Balaban J connectivity index is 1.53. The molecule has 2 N–H and O–H groups in total. The minimum absolute atomic E-state index is 0.268. The van der Waals surface area contributed by atoms with E-state index in [1.165, 1.54) is 0 Å². The van der Waals surface area contributed by atoms with Crippen molar-refractivity contribution in [3.63, 3.8) is 0 Å². The minimum atomic E-state index is -0.268. The first kappa shape index (κ1) is 16.2. The second-order valence-electron chi connectivity index (χ2n) is 6.00. The molecular formula is C15H24N4O4. The second-order valence-corrected chi connectivity index (χ2v) is 6.00. The molecule has 0 bridgehead atoms. The van der Waals surface area contributed by atoms with Gasteiger partial charge in [0.25, 0.3) is 0 Å². The molecule has 3 heterocycles. The van der Waals surface area contributed by atoms with Crippen molar-refractivity contribution in [1.82, 2.24) is 15.4 Å². The molecule has 0 saturated carbocycles. The average Bonchev–Trinajstić information content (AvgIpc) is 3.21. The fourth-order valence-corrected chi connectivity index (χ4v) is 3.14. The third-order valence-corrected chi connectivity index (χ3v) is 4.37. The van der Waals surface area contributed by atoms with E-state index >= 15 is 0 Å². The van der Waals surface area contributed by atoms with Crippen molar-refractivity contribution in [2.75, 3.05) is 51.4 Å². The summed E-state index contributed by atoms with van der Waals surface area (Å²) in [5.74, 6) is 1.53. The van der Waals surface area contributed by atoms with Crippen molar-refractivity contribution < 1.29 is 18.8 Å². The summed E-state index contributed by atoms with van der Waals surface area (Å²) in [5, 5.41) is 9.38. The number of anilines is 1. The van der Waals surface area contributed by atoms with E-state index in [0.29, 0.717) is 24.0 Å². The van der Waals surface area contributed by atoms with Gasteiger partial charge in [-0.25, -0.2) is 4.79 Å². The van der Waals surface area contributed by atoms with E-state index in [1.54, 1.807) is 13.0 Å². The van der Waals surface area contributed by atoms with Crippen LogP contribution in [-0.2, 0) is 9.47 Å². The molecule has 8 nitrogen and oxygen atoms in total. The van der Waals surface area contributed by atoms with Crippen molar-refractivity contribution in [3.8, 4) is 0 Å². The van der Waals surface area contributed by atoms with Gasteiger partial charge in [-0.2, -0.15) is 0 Å². The highest BCUT2D eigenvalue weighted by atomic mass is 16.5. The summed E-state index contributed by atoms with van der Waals surface area (Å²) in [5.41, 5.74) is 0. The molecule has 2 saturated heterocycles. The molecule has 1 aromatic rings. The lowest BCUT2D eigenvalue weighted by atomic mass is 9.97. The molecule has 0 unspecified atom stereocenters. The zero-order valence-corrected chi connectivity index (χ0v) is 13.4. The summed E-state index contributed by atoms with van der Waals surface area (Å²) >= 11 is 0. The first-order chi connectivity index (χ1) is 11.2. The van der Waals surface area contributed by atoms with Crippen LogP contribution in [0.2, 0.25) is 0 Å². The van der Waals surface area contributed by atoms with Crippen LogP contribution in [0.1, 0.15) is 12.2 Å². The molecule has 3 rings (SSSR count). The Morgan fingerprint density at radius 1 is 1.39 bits per heavy atom. The van der Waals surface area contributed by atoms with Gasteiger partial charge in [-0.1, -0.05) is 5.16 Å². The number of aromatic nitrogens is 1. The smallest absolute Gasteiger partial charge is 0.320 e. The van der Waals surface area contributed by atoms with E-state index in [9.17, 15) is 4.79 Å². The first-order valence-corrected chi connectivity index (χ1v) is 8.10. The standard InChI is InChI=1S/C15H24N4O4/c1-11-8-14(18-23-11)17-15(20)16-9-13(12-2-5-22-10-12)19-3-6-21-7-4-19/h8,12-13H,2-7,9-10H2,1H3,(H2,16,17,18,20)/t12-,13-/m1/s1. The summed E-state index contributed by atoms with van der Waals surface area (Å²) in [6.45, 7) is 7.20. The molecule has 128 valence electrons. The van der Waals surface area contributed by atoms with Crippen molar-refractivity contribution in [2.45, 2.75) is 19.4 Å². The molecule has 0 spiro atoms. The van der Waals surface area contributed by atoms with Gasteiger partial charge in [-0.3, -0.25) is 10.2 Å². The number of nitrogens with zero attached hydrogens (tertiary/aromatic N) is 2. The van der Waals surface area contributed by atoms with E-state index in [-0.39, 0.29) is 12.1 Å². The Labute approximate surface area is 135 Å². The highest BCUT2D eigenvalue weighted by molar-refractivity contribution is 5.88. The van der Waals surface area contributed by atoms with E-state index in [1.807, 2.05) is 0 Å². The van der Waals surface area contributed by atoms with Crippen LogP contribution in [0.4, 0.5) is 10.6 Å². The number of hydrogen-bond acceptors (Lipinski definition) is 6. The van der Waals surface area contributed by atoms with Crippen LogP contribution in [0.25, 0.3) is 0 Å². The predicted molar refractivity (Wildman–Crippen MR) is 83.4 cm³/mol. The molecule has 2 amide bonds. The highest BCUT2D eigenvalue weighted by Crippen LogP contribution is 2.21. The third kappa shape index (κ3) is 4.43. The predicted octanol–water partition coefficient (Wildman–Crippen LogP) is 0.842. The molecule has 2 aliphatic heterocycles. The van der Waals surface area contributed by atoms with E-state index < -0.39 is 0 Å². The normalized spacial score (nSPS) is 23.6. The monoisotopic (exact) mass is 324 g/mol. The highest BCUT2D eigenvalue weighted by Gasteiger charge is 2.31. The van der Waals surface area contributed by atoms with Gasteiger partial charge in [0.05, 0.1) is 19.8 Å². The number of carbonyl (C=O) groups is 1. The Morgan fingerprint density at radius 2 is 2.22 bits per heavy atom. The number of amides is 2. The van der Waals surface area contributed by atoms with Gasteiger partial charge < -0.3 is 19.3 Å². The molecular weight excluding hydrogens is 300 g/mol. The first-order valence-electron chi connectivity index (χ1n) is 8.10. The van der Waals surface area contributed by atoms with Crippen molar-refractivity contribution in [1.29, 1.82) is 0 Å². The van der Waals surface area contributed by atoms with Crippen LogP contribution in [0, 0.1) is 12.8 Å². The Kier molecular flexibility index (Phi) is 5.47. The lowest BCUT2D eigenvalue weighted by Gasteiger charge is -2.37. The molecule has 0 radical (unpaired) electrons. The van der Waals surface area contributed by atoms with Gasteiger partial charge in [0.15, 0.2) is 5.82 Å². The summed E-state index contributed by atoms with van der Waals surface area (Å²) < 4.78 is 15.9. The van der Waals surface area contributed by atoms with Crippen molar-refractivity contribution in [3.05, 3.63) is 11.8 Å². The lowest BCUT2D eigenvalue weighted by Crippen LogP contribution is -2.52. The van der Waals surface area contributed by atoms with Crippen LogP contribution in [0.15, 0.2) is 10.6 Å². The molecule has 2 aliphatic rings. The lowest BCUT2D eigenvalue weighted by molar-refractivity contribution is 0.00221. The van der Waals surface area contributed by atoms with Gasteiger partial charge in [0, 0.05) is 44.3 Å². The van der Waals surface area contributed by atoms with Crippen LogP contribution in [-0.4, -0.2) is 68.2 Å². The number of aryl methyl sites for hydroxylation is 1.